The minimum atomic E-state index is -0.00822. The van der Waals surface area contributed by atoms with Crippen molar-refractivity contribution in [1.82, 2.24) is 5.32 Å². The predicted octanol–water partition coefficient (Wildman–Crippen LogP) is 5.14. The van der Waals surface area contributed by atoms with Crippen LogP contribution in [0.15, 0.2) is 34.1 Å². The predicted molar refractivity (Wildman–Crippen MR) is 100 cm³/mol. The lowest BCUT2D eigenvalue weighted by atomic mass is 10.2. The molecule has 2 aromatic rings. The maximum Gasteiger partial charge on any atom is 0.231 e. The molecule has 0 saturated carbocycles. The second kappa shape index (κ2) is 8.74. The number of ether oxygens (including phenoxy) is 3. The number of hydrogen-bond acceptors (Lipinski definition) is 5. The van der Waals surface area contributed by atoms with Gasteiger partial charge in [0.2, 0.25) is 12.5 Å². The van der Waals surface area contributed by atoms with E-state index in [9.17, 15) is 0 Å². The number of thiophene rings is 1. The van der Waals surface area contributed by atoms with Gasteiger partial charge >= 0.3 is 0 Å². The van der Waals surface area contributed by atoms with Crippen LogP contribution in [0.2, 0.25) is 0 Å². The Morgan fingerprint density at radius 2 is 2.17 bits per heavy atom. The number of rotatable bonds is 9. The van der Waals surface area contributed by atoms with Gasteiger partial charge in [-0.2, -0.15) is 0 Å². The summed E-state index contributed by atoms with van der Waals surface area (Å²) >= 11 is 5.25. The average molecular weight is 412 g/mol. The Kier molecular flexibility index (Phi) is 6.40. The van der Waals surface area contributed by atoms with Gasteiger partial charge in [-0.05, 0) is 59.7 Å². The minimum absolute atomic E-state index is 0.00822. The minimum Gasteiger partial charge on any atom is -0.481 e. The van der Waals surface area contributed by atoms with Crippen LogP contribution in [0, 0.1) is 0 Å². The van der Waals surface area contributed by atoms with Gasteiger partial charge in [0.15, 0.2) is 11.5 Å². The summed E-state index contributed by atoms with van der Waals surface area (Å²) in [7, 11) is 0. The van der Waals surface area contributed by atoms with Gasteiger partial charge < -0.3 is 19.5 Å². The fraction of sp³-hybridized carbons (Fsp3) is 0.444. The zero-order valence-corrected chi connectivity index (χ0v) is 16.1. The smallest absolute Gasteiger partial charge is 0.231 e. The first kappa shape index (κ1) is 17.6. The lowest BCUT2D eigenvalue weighted by molar-refractivity contribution is 0.159. The fourth-order valence-corrected chi connectivity index (χ4v) is 4.06. The molecular formula is C18H22BrNO3S. The topological polar surface area (TPSA) is 39.7 Å². The molecule has 0 amide bonds. The highest BCUT2D eigenvalue weighted by Gasteiger charge is 2.22. The highest BCUT2D eigenvalue weighted by Crippen LogP contribution is 2.43. The van der Waals surface area contributed by atoms with Crippen LogP contribution in [-0.4, -0.2) is 19.9 Å². The molecule has 0 spiro atoms. The van der Waals surface area contributed by atoms with Crippen LogP contribution in [0.4, 0.5) is 0 Å². The molecule has 4 nitrogen and oxygen atoms in total. The van der Waals surface area contributed by atoms with E-state index in [0.717, 1.165) is 34.8 Å². The molecule has 0 saturated heterocycles. The van der Waals surface area contributed by atoms with Gasteiger partial charge in [0.25, 0.3) is 0 Å². The summed E-state index contributed by atoms with van der Waals surface area (Å²) in [6, 6.07) is 9.96. The first-order valence-corrected chi connectivity index (χ1v) is 9.90. The zero-order chi connectivity index (χ0) is 16.8. The number of para-hydroxylation sites is 1. The van der Waals surface area contributed by atoms with Crippen molar-refractivity contribution in [2.75, 3.05) is 19.9 Å². The Morgan fingerprint density at radius 1 is 1.25 bits per heavy atom. The maximum atomic E-state index is 6.31. The van der Waals surface area contributed by atoms with E-state index in [1.807, 2.05) is 18.2 Å². The third-order valence-corrected chi connectivity index (χ3v) is 5.55. The molecule has 0 fully saturated rings. The van der Waals surface area contributed by atoms with Gasteiger partial charge in [0.1, 0.15) is 6.10 Å². The van der Waals surface area contributed by atoms with Gasteiger partial charge in [-0.3, -0.25) is 0 Å². The molecule has 1 aromatic heterocycles. The number of halogens is 1. The van der Waals surface area contributed by atoms with Crippen LogP contribution < -0.4 is 19.5 Å². The molecule has 6 heteroatoms. The third-order valence-electron chi connectivity index (χ3n) is 3.83. The highest BCUT2D eigenvalue weighted by molar-refractivity contribution is 9.11. The molecule has 0 bridgehead atoms. The number of fused-ring (bicyclic) bond motifs is 1. The number of unbranched alkanes of at least 4 members (excludes halogenated alkanes) is 1. The van der Waals surface area contributed by atoms with Crippen LogP contribution in [0.3, 0.4) is 0 Å². The summed E-state index contributed by atoms with van der Waals surface area (Å²) in [4.78, 5) is 1.20. The molecule has 0 unspecified atom stereocenters. The van der Waals surface area contributed by atoms with Gasteiger partial charge in [-0.25, -0.2) is 0 Å². The lowest BCUT2D eigenvalue weighted by Gasteiger charge is -2.19. The van der Waals surface area contributed by atoms with E-state index in [-0.39, 0.29) is 12.9 Å². The van der Waals surface area contributed by atoms with Crippen molar-refractivity contribution in [3.63, 3.8) is 0 Å². The molecule has 2 heterocycles. The Balaban J connectivity index is 1.69. The first-order chi connectivity index (χ1) is 11.8. The number of hydrogen-bond donors (Lipinski definition) is 1. The highest BCUT2D eigenvalue weighted by atomic mass is 79.9. The molecule has 130 valence electrons. The molecule has 1 aliphatic heterocycles. The molecule has 1 aliphatic rings. The van der Waals surface area contributed by atoms with Gasteiger partial charge in [-0.1, -0.05) is 19.4 Å². The van der Waals surface area contributed by atoms with E-state index in [2.05, 4.69) is 40.3 Å². The van der Waals surface area contributed by atoms with Crippen molar-refractivity contribution in [2.24, 2.45) is 0 Å². The van der Waals surface area contributed by atoms with E-state index < -0.39 is 0 Å². The average Bonchev–Trinajstić information content (AvgIpc) is 3.22. The van der Waals surface area contributed by atoms with Gasteiger partial charge in [-0.15, -0.1) is 11.3 Å². The molecule has 24 heavy (non-hydrogen) atoms. The van der Waals surface area contributed by atoms with E-state index in [0.29, 0.717) is 5.75 Å². The van der Waals surface area contributed by atoms with Crippen molar-refractivity contribution in [2.45, 2.75) is 32.3 Å². The standard InChI is InChI=1S/C18H22BrNO3S/c1-2-3-10-20-11-9-13(16-7-8-17(19)24-16)23-15-6-4-5-14-18(15)22-12-21-14/h4-8,13,20H,2-3,9-12H2,1H3/t13-/m0/s1. The van der Waals surface area contributed by atoms with Gasteiger partial charge in [0, 0.05) is 11.3 Å². The second-order valence-corrected chi connectivity index (χ2v) is 8.13. The Morgan fingerprint density at radius 3 is 2.96 bits per heavy atom. The maximum absolute atomic E-state index is 6.31. The van der Waals surface area contributed by atoms with Crippen LogP contribution in [0.1, 0.15) is 37.2 Å². The SMILES string of the molecule is CCCCNCC[C@H](Oc1cccc2c1OCO2)c1ccc(Br)s1. The molecular weight excluding hydrogens is 390 g/mol. The lowest BCUT2D eigenvalue weighted by Crippen LogP contribution is -2.20. The first-order valence-electron chi connectivity index (χ1n) is 8.29. The van der Waals surface area contributed by atoms with E-state index in [4.69, 9.17) is 14.2 Å². The van der Waals surface area contributed by atoms with Gasteiger partial charge in [0.05, 0.1) is 3.79 Å². The summed E-state index contributed by atoms with van der Waals surface area (Å²) in [5.41, 5.74) is 0. The van der Waals surface area contributed by atoms with Crippen LogP contribution >= 0.6 is 27.3 Å². The number of nitrogens with one attached hydrogen (secondary N) is 1. The number of benzene rings is 1. The molecule has 1 atom stereocenters. The molecule has 0 radical (unpaired) electrons. The van der Waals surface area contributed by atoms with Crippen LogP contribution in [0.25, 0.3) is 0 Å². The van der Waals surface area contributed by atoms with Crippen LogP contribution in [-0.2, 0) is 0 Å². The van der Waals surface area contributed by atoms with Crippen molar-refractivity contribution in [1.29, 1.82) is 0 Å². The summed E-state index contributed by atoms with van der Waals surface area (Å²) < 4.78 is 18.4. The third kappa shape index (κ3) is 4.43. The van der Waals surface area contributed by atoms with E-state index in [1.165, 1.54) is 17.7 Å². The zero-order valence-electron chi connectivity index (χ0n) is 13.7. The van der Waals surface area contributed by atoms with Crippen molar-refractivity contribution in [3.8, 4) is 17.2 Å². The quantitative estimate of drug-likeness (QED) is 0.579. The van der Waals surface area contributed by atoms with Crippen molar-refractivity contribution in [3.05, 3.63) is 39.0 Å². The fourth-order valence-electron chi connectivity index (χ4n) is 2.57. The van der Waals surface area contributed by atoms with Crippen molar-refractivity contribution >= 4 is 27.3 Å². The second-order valence-electron chi connectivity index (χ2n) is 5.63. The molecule has 3 rings (SSSR count). The summed E-state index contributed by atoms with van der Waals surface area (Å²) in [5.74, 6) is 2.20. The Labute approximate surface area is 155 Å². The summed E-state index contributed by atoms with van der Waals surface area (Å²) in [6.45, 7) is 4.43. The largest absolute Gasteiger partial charge is 0.481 e. The van der Waals surface area contributed by atoms with Crippen LogP contribution in [0.5, 0.6) is 17.2 Å². The monoisotopic (exact) mass is 411 g/mol. The molecule has 1 aromatic carbocycles. The summed E-state index contributed by atoms with van der Waals surface area (Å²) in [5, 5.41) is 3.49. The normalized spacial score (nSPS) is 13.9. The molecule has 0 aliphatic carbocycles. The Hall–Kier alpha value is -1.24. The summed E-state index contributed by atoms with van der Waals surface area (Å²) in [6.07, 6.45) is 3.30. The van der Waals surface area contributed by atoms with E-state index >= 15 is 0 Å². The molecule has 1 N–H and O–H groups in total. The van der Waals surface area contributed by atoms with E-state index in [1.54, 1.807) is 11.3 Å². The van der Waals surface area contributed by atoms with Crippen molar-refractivity contribution < 1.29 is 14.2 Å². The Bertz CT molecular complexity index is 661.